The van der Waals surface area contributed by atoms with Crippen molar-refractivity contribution in [3.05, 3.63) is 54.1 Å². The molecule has 0 saturated carbocycles. The Morgan fingerprint density at radius 3 is 2.50 bits per heavy atom. The maximum atomic E-state index is 5.46. The highest BCUT2D eigenvalue weighted by Crippen LogP contribution is 2.00. The quantitative estimate of drug-likeness (QED) is 0.491. The first-order valence-corrected chi connectivity index (χ1v) is 4.41. The fraction of sp³-hybridized carbons (Fsp3) is 0.0909. The van der Waals surface area contributed by atoms with E-state index in [1.807, 2.05) is 42.5 Å². The molecule has 0 aliphatic heterocycles. The van der Waals surface area contributed by atoms with Gasteiger partial charge in [0.05, 0.1) is 0 Å². The monoisotopic (exact) mass is 178 g/mol. The lowest BCUT2D eigenvalue weighted by molar-refractivity contribution is 1.66. The van der Waals surface area contributed by atoms with Gasteiger partial charge in [0, 0.05) is 5.88 Å². The van der Waals surface area contributed by atoms with Crippen molar-refractivity contribution < 1.29 is 0 Å². The largest absolute Gasteiger partial charge is 0.122 e. The summed E-state index contributed by atoms with van der Waals surface area (Å²) in [7, 11) is 0. The van der Waals surface area contributed by atoms with Gasteiger partial charge in [-0.15, -0.1) is 11.6 Å². The Bertz CT molecular complexity index is 260. The van der Waals surface area contributed by atoms with E-state index in [-0.39, 0.29) is 0 Å². The Kier molecular flexibility index (Phi) is 4.25. The Morgan fingerprint density at radius 1 is 1.08 bits per heavy atom. The molecule has 1 heteroatoms. The van der Waals surface area contributed by atoms with Crippen molar-refractivity contribution in [2.24, 2.45) is 0 Å². The van der Waals surface area contributed by atoms with Crippen LogP contribution in [0.4, 0.5) is 0 Å². The Labute approximate surface area is 78.2 Å². The van der Waals surface area contributed by atoms with Crippen LogP contribution in [0.3, 0.4) is 0 Å². The molecular weight excluding hydrogens is 168 g/mol. The molecule has 0 aliphatic carbocycles. The van der Waals surface area contributed by atoms with Crippen LogP contribution >= 0.6 is 11.6 Å². The van der Waals surface area contributed by atoms with Crippen LogP contribution in [0, 0.1) is 0 Å². The molecular formula is C11H11Cl. The maximum Gasteiger partial charge on any atom is 0.0407 e. The summed E-state index contributed by atoms with van der Waals surface area (Å²) < 4.78 is 0. The summed E-state index contributed by atoms with van der Waals surface area (Å²) in [6, 6.07) is 10.2. The van der Waals surface area contributed by atoms with Crippen molar-refractivity contribution in [2.75, 3.05) is 5.88 Å². The van der Waals surface area contributed by atoms with Crippen LogP contribution in [-0.4, -0.2) is 5.88 Å². The predicted octanol–water partition coefficient (Wildman–Crippen LogP) is 3.49. The highest BCUT2D eigenvalue weighted by molar-refractivity contribution is 6.18. The van der Waals surface area contributed by atoms with Crippen LogP contribution in [0.1, 0.15) is 5.56 Å². The number of halogens is 1. The maximum absolute atomic E-state index is 5.46. The highest BCUT2D eigenvalue weighted by Gasteiger charge is 1.78. The van der Waals surface area contributed by atoms with Gasteiger partial charge < -0.3 is 0 Å². The summed E-state index contributed by atoms with van der Waals surface area (Å²) in [5, 5.41) is 0. The molecule has 1 aromatic rings. The van der Waals surface area contributed by atoms with E-state index in [2.05, 4.69) is 12.1 Å². The summed E-state index contributed by atoms with van der Waals surface area (Å²) in [6.07, 6.45) is 7.88. The van der Waals surface area contributed by atoms with Crippen LogP contribution in [0.15, 0.2) is 48.6 Å². The second kappa shape index (κ2) is 5.62. The van der Waals surface area contributed by atoms with Gasteiger partial charge in [0.25, 0.3) is 0 Å². The molecule has 1 aromatic carbocycles. The van der Waals surface area contributed by atoms with Gasteiger partial charge >= 0.3 is 0 Å². The van der Waals surface area contributed by atoms with Crippen molar-refractivity contribution in [3.8, 4) is 0 Å². The zero-order valence-electron chi connectivity index (χ0n) is 6.78. The number of rotatable bonds is 3. The van der Waals surface area contributed by atoms with Gasteiger partial charge in [-0.3, -0.25) is 0 Å². The summed E-state index contributed by atoms with van der Waals surface area (Å²) in [5.41, 5.74) is 1.21. The lowest BCUT2D eigenvalue weighted by Crippen LogP contribution is -1.66. The van der Waals surface area contributed by atoms with Crippen LogP contribution in [0.25, 0.3) is 6.08 Å². The van der Waals surface area contributed by atoms with Crippen molar-refractivity contribution in [2.45, 2.75) is 0 Å². The number of hydrogen-bond acceptors (Lipinski definition) is 0. The van der Waals surface area contributed by atoms with Gasteiger partial charge in [-0.1, -0.05) is 54.6 Å². The number of alkyl halides is 1. The Balaban J connectivity index is 2.52. The minimum Gasteiger partial charge on any atom is -0.122 e. The molecule has 0 amide bonds. The predicted molar refractivity (Wildman–Crippen MR) is 55.3 cm³/mol. The minimum absolute atomic E-state index is 0.569. The molecule has 0 saturated heterocycles. The fourth-order valence-corrected chi connectivity index (χ4v) is 0.964. The first kappa shape index (κ1) is 9.08. The number of allylic oxidation sites excluding steroid dienone is 3. The molecule has 0 bridgehead atoms. The lowest BCUT2D eigenvalue weighted by atomic mass is 10.2. The molecule has 0 unspecified atom stereocenters. The molecule has 0 spiro atoms. The molecule has 0 radical (unpaired) electrons. The molecule has 0 heterocycles. The first-order chi connectivity index (χ1) is 5.93. The van der Waals surface area contributed by atoms with Crippen LogP contribution in [0.2, 0.25) is 0 Å². The highest BCUT2D eigenvalue weighted by atomic mass is 35.5. The molecule has 0 nitrogen and oxygen atoms in total. The molecule has 12 heavy (non-hydrogen) atoms. The van der Waals surface area contributed by atoms with Gasteiger partial charge in [0.2, 0.25) is 0 Å². The van der Waals surface area contributed by atoms with E-state index in [4.69, 9.17) is 11.6 Å². The first-order valence-electron chi connectivity index (χ1n) is 3.87. The zero-order valence-corrected chi connectivity index (χ0v) is 7.54. The SMILES string of the molecule is ClC/C=C/C=C/c1ccccc1. The molecule has 0 N–H and O–H groups in total. The van der Waals surface area contributed by atoms with Gasteiger partial charge in [0.15, 0.2) is 0 Å². The molecule has 0 fully saturated rings. The summed E-state index contributed by atoms with van der Waals surface area (Å²) in [4.78, 5) is 0. The van der Waals surface area contributed by atoms with Gasteiger partial charge in [-0.2, -0.15) is 0 Å². The van der Waals surface area contributed by atoms with Gasteiger partial charge in [-0.05, 0) is 5.56 Å². The van der Waals surface area contributed by atoms with Crippen molar-refractivity contribution in [1.82, 2.24) is 0 Å². The van der Waals surface area contributed by atoms with E-state index >= 15 is 0 Å². The van der Waals surface area contributed by atoms with Crippen molar-refractivity contribution >= 4 is 17.7 Å². The summed E-state index contributed by atoms with van der Waals surface area (Å²) in [6.45, 7) is 0. The third-order valence-corrected chi connectivity index (χ3v) is 1.60. The van der Waals surface area contributed by atoms with Gasteiger partial charge in [0.1, 0.15) is 0 Å². The molecule has 0 aliphatic rings. The van der Waals surface area contributed by atoms with E-state index in [0.717, 1.165) is 0 Å². The normalized spacial score (nSPS) is 11.4. The van der Waals surface area contributed by atoms with Crippen molar-refractivity contribution in [3.63, 3.8) is 0 Å². The van der Waals surface area contributed by atoms with E-state index in [1.54, 1.807) is 0 Å². The average Bonchev–Trinajstić information content (AvgIpc) is 2.14. The van der Waals surface area contributed by atoms with E-state index in [1.165, 1.54) is 5.56 Å². The summed E-state index contributed by atoms with van der Waals surface area (Å²) >= 11 is 5.46. The minimum atomic E-state index is 0.569. The zero-order chi connectivity index (χ0) is 8.65. The van der Waals surface area contributed by atoms with E-state index in [0.29, 0.717) is 5.88 Å². The third-order valence-electron chi connectivity index (χ3n) is 1.42. The molecule has 0 aromatic heterocycles. The number of benzene rings is 1. The topological polar surface area (TPSA) is 0 Å². The lowest BCUT2D eigenvalue weighted by Gasteiger charge is -1.87. The molecule has 1 rings (SSSR count). The Morgan fingerprint density at radius 2 is 1.83 bits per heavy atom. The number of hydrogen-bond donors (Lipinski definition) is 0. The third kappa shape index (κ3) is 3.40. The van der Waals surface area contributed by atoms with Crippen LogP contribution < -0.4 is 0 Å². The Hall–Kier alpha value is -1.01. The second-order valence-corrected chi connectivity index (χ2v) is 2.66. The average molecular weight is 179 g/mol. The van der Waals surface area contributed by atoms with Crippen LogP contribution in [-0.2, 0) is 0 Å². The standard InChI is InChI=1S/C11H11Cl/c12-10-6-2-5-9-11-7-3-1-4-8-11/h1-9H,10H2/b6-2+,9-5+. The smallest absolute Gasteiger partial charge is 0.0407 e. The van der Waals surface area contributed by atoms with E-state index < -0.39 is 0 Å². The van der Waals surface area contributed by atoms with Gasteiger partial charge in [-0.25, -0.2) is 0 Å². The van der Waals surface area contributed by atoms with Crippen LogP contribution in [0.5, 0.6) is 0 Å². The molecule has 62 valence electrons. The molecule has 0 atom stereocenters. The summed E-state index contributed by atoms with van der Waals surface area (Å²) in [5.74, 6) is 0.569. The fourth-order valence-electron chi connectivity index (χ4n) is 0.861. The van der Waals surface area contributed by atoms with E-state index in [9.17, 15) is 0 Å². The second-order valence-electron chi connectivity index (χ2n) is 2.35. The van der Waals surface area contributed by atoms with Crippen molar-refractivity contribution in [1.29, 1.82) is 0 Å².